The summed E-state index contributed by atoms with van der Waals surface area (Å²) in [4.78, 5) is 23.2. The molecule has 1 saturated heterocycles. The Morgan fingerprint density at radius 3 is 2.86 bits per heavy atom. The van der Waals surface area contributed by atoms with Gasteiger partial charge in [-0.05, 0) is 55.7 Å². The Kier molecular flexibility index (Phi) is 4.58. The first-order valence-corrected chi connectivity index (χ1v) is 9.18. The summed E-state index contributed by atoms with van der Waals surface area (Å²) in [6.45, 7) is 4.54. The molecule has 1 amide bonds. The third-order valence-electron chi connectivity index (χ3n) is 5.06. The Bertz CT molecular complexity index is 1070. The van der Waals surface area contributed by atoms with Crippen LogP contribution in [0.1, 0.15) is 27.9 Å². The number of nitrogens with one attached hydrogen (secondary N) is 1. The van der Waals surface area contributed by atoms with Gasteiger partial charge in [0.2, 0.25) is 5.88 Å². The van der Waals surface area contributed by atoms with Crippen molar-refractivity contribution in [2.75, 3.05) is 23.3 Å². The van der Waals surface area contributed by atoms with Crippen molar-refractivity contribution >= 4 is 28.3 Å². The molecule has 0 radical (unpaired) electrons. The van der Waals surface area contributed by atoms with Crippen molar-refractivity contribution in [2.24, 2.45) is 0 Å². The Balaban J connectivity index is 1.67. The number of amides is 1. The van der Waals surface area contributed by atoms with Gasteiger partial charge >= 0.3 is 0 Å². The molecule has 0 aliphatic carbocycles. The first-order chi connectivity index (χ1) is 13.4. The molecule has 1 fully saturated rings. The fraction of sp³-hybridized carbons (Fsp3) is 0.286. The molecule has 2 N–H and O–H groups in total. The molecule has 3 aromatic rings. The molecule has 0 spiro atoms. The molecule has 0 bridgehead atoms. The molecule has 28 heavy (non-hydrogen) atoms. The second-order valence-electron chi connectivity index (χ2n) is 7.14. The first-order valence-electron chi connectivity index (χ1n) is 9.18. The lowest BCUT2D eigenvalue weighted by molar-refractivity contribution is 0.102. The molecule has 1 aliphatic rings. The second-order valence-corrected chi connectivity index (χ2v) is 7.14. The molecule has 1 aliphatic heterocycles. The number of benzene rings is 1. The van der Waals surface area contributed by atoms with Gasteiger partial charge in [-0.25, -0.2) is 14.4 Å². The van der Waals surface area contributed by atoms with Crippen molar-refractivity contribution in [2.45, 2.75) is 26.4 Å². The Hall–Kier alpha value is -3.22. The van der Waals surface area contributed by atoms with Crippen LogP contribution in [0.4, 0.5) is 15.9 Å². The van der Waals surface area contributed by atoms with Crippen molar-refractivity contribution in [3.63, 3.8) is 0 Å². The quantitative estimate of drug-likeness (QED) is 0.724. The zero-order valence-electron chi connectivity index (χ0n) is 15.7. The Morgan fingerprint density at radius 1 is 1.29 bits per heavy atom. The number of aromatic hydroxyl groups is 1. The van der Waals surface area contributed by atoms with Crippen LogP contribution in [0, 0.1) is 13.8 Å². The van der Waals surface area contributed by atoms with Gasteiger partial charge in [0.15, 0.2) is 0 Å². The summed E-state index contributed by atoms with van der Waals surface area (Å²) < 4.78 is 13.6. The van der Waals surface area contributed by atoms with Crippen LogP contribution in [-0.2, 0) is 0 Å². The summed E-state index contributed by atoms with van der Waals surface area (Å²) in [6, 6.07) is 8.67. The molecular formula is C21H21FN4O2. The van der Waals surface area contributed by atoms with Gasteiger partial charge in [0.05, 0.1) is 17.6 Å². The highest BCUT2D eigenvalue weighted by Gasteiger charge is 2.26. The van der Waals surface area contributed by atoms with Crippen molar-refractivity contribution in [3.05, 3.63) is 53.2 Å². The van der Waals surface area contributed by atoms with Crippen molar-refractivity contribution < 1.29 is 14.3 Å². The van der Waals surface area contributed by atoms with E-state index in [0.29, 0.717) is 35.6 Å². The largest absolute Gasteiger partial charge is 0.493 e. The smallest absolute Gasteiger partial charge is 0.259 e. The van der Waals surface area contributed by atoms with Crippen LogP contribution < -0.4 is 10.2 Å². The van der Waals surface area contributed by atoms with E-state index in [2.05, 4.69) is 15.3 Å². The number of pyridine rings is 2. The molecule has 144 valence electrons. The minimum atomic E-state index is -0.896. The molecule has 2 aromatic heterocycles. The molecular weight excluding hydrogens is 359 g/mol. The van der Waals surface area contributed by atoms with Gasteiger partial charge < -0.3 is 15.3 Å². The van der Waals surface area contributed by atoms with Gasteiger partial charge in [0, 0.05) is 29.9 Å². The number of halogens is 1. The highest BCUT2D eigenvalue weighted by atomic mass is 19.1. The molecule has 3 heterocycles. The number of aryl methyl sites for hydroxylation is 2. The second kappa shape index (κ2) is 7.07. The highest BCUT2D eigenvalue weighted by molar-refractivity contribution is 6.08. The zero-order chi connectivity index (χ0) is 19.8. The number of hydrogen-bond donors (Lipinski definition) is 2. The predicted octanol–water partition coefficient (Wildman–Crippen LogP) is 3.75. The van der Waals surface area contributed by atoms with Gasteiger partial charge in [0.1, 0.15) is 12.0 Å². The van der Waals surface area contributed by atoms with Crippen LogP contribution in [0.2, 0.25) is 0 Å². The molecule has 7 heteroatoms. The summed E-state index contributed by atoms with van der Waals surface area (Å²) in [5, 5.41) is 13.5. The fourth-order valence-corrected chi connectivity index (χ4v) is 3.59. The van der Waals surface area contributed by atoms with Gasteiger partial charge in [-0.15, -0.1) is 0 Å². The Labute approximate surface area is 162 Å². The summed E-state index contributed by atoms with van der Waals surface area (Å²) in [5.41, 5.74) is 3.44. The maximum Gasteiger partial charge on any atom is 0.259 e. The van der Waals surface area contributed by atoms with Crippen LogP contribution in [0.15, 0.2) is 36.5 Å². The number of anilines is 2. The van der Waals surface area contributed by atoms with E-state index >= 15 is 0 Å². The molecule has 4 rings (SSSR count). The number of carbonyl (C=O) groups is 1. The normalized spacial score (nSPS) is 16.5. The van der Waals surface area contributed by atoms with Gasteiger partial charge in [-0.3, -0.25) is 4.79 Å². The van der Waals surface area contributed by atoms with Gasteiger partial charge in [0.25, 0.3) is 5.91 Å². The lowest BCUT2D eigenvalue weighted by atomic mass is 10.1. The van der Waals surface area contributed by atoms with E-state index in [4.69, 9.17) is 0 Å². The minimum Gasteiger partial charge on any atom is -0.493 e. The third-order valence-corrected chi connectivity index (χ3v) is 5.06. The number of hydrogen-bond acceptors (Lipinski definition) is 5. The number of nitrogens with zero attached hydrogens (tertiary/aromatic N) is 3. The summed E-state index contributed by atoms with van der Waals surface area (Å²) in [7, 11) is 0. The fourth-order valence-electron chi connectivity index (χ4n) is 3.59. The van der Waals surface area contributed by atoms with Gasteiger partial charge in [-0.2, -0.15) is 0 Å². The third kappa shape index (κ3) is 3.35. The van der Waals surface area contributed by atoms with Crippen molar-refractivity contribution in [1.29, 1.82) is 0 Å². The van der Waals surface area contributed by atoms with E-state index < -0.39 is 6.17 Å². The lowest BCUT2D eigenvalue weighted by Gasteiger charge is -2.19. The van der Waals surface area contributed by atoms with Crippen molar-refractivity contribution in [1.82, 2.24) is 9.97 Å². The van der Waals surface area contributed by atoms with Crippen LogP contribution in [0.3, 0.4) is 0 Å². The maximum atomic E-state index is 13.6. The average molecular weight is 380 g/mol. The summed E-state index contributed by atoms with van der Waals surface area (Å²) in [5.74, 6) is 0.177. The van der Waals surface area contributed by atoms with E-state index in [0.717, 1.165) is 16.5 Å². The number of carbonyl (C=O) groups excluding carboxylic acids is 1. The molecule has 6 nitrogen and oxygen atoms in total. The van der Waals surface area contributed by atoms with Gasteiger partial charge in [-0.1, -0.05) is 0 Å². The zero-order valence-corrected chi connectivity index (χ0v) is 15.7. The molecule has 1 aromatic carbocycles. The first kappa shape index (κ1) is 18.2. The molecule has 0 saturated carbocycles. The SMILES string of the molecule is Cc1cc2nc(O)cc(C)c2cc1NC(=O)c1cccnc1N1CCC(F)C1. The van der Waals surface area contributed by atoms with E-state index in [9.17, 15) is 14.3 Å². The lowest BCUT2D eigenvalue weighted by Crippen LogP contribution is -2.25. The number of rotatable bonds is 3. The molecule has 1 unspecified atom stereocenters. The monoisotopic (exact) mass is 380 g/mol. The highest BCUT2D eigenvalue weighted by Crippen LogP contribution is 2.29. The van der Waals surface area contributed by atoms with Crippen LogP contribution in [0.5, 0.6) is 5.88 Å². The average Bonchev–Trinajstić information content (AvgIpc) is 3.09. The van der Waals surface area contributed by atoms with E-state index in [1.807, 2.05) is 30.9 Å². The standard InChI is InChI=1S/C21H21FN4O2/c1-12-9-19(27)24-18-8-13(2)17(10-16(12)18)25-21(28)15-4-3-6-23-20(15)26-7-5-14(22)11-26/h3-4,6,8-10,14H,5,7,11H2,1-2H3,(H,24,27)(H,25,28). The van der Waals surface area contributed by atoms with Crippen LogP contribution in [0.25, 0.3) is 10.9 Å². The maximum absolute atomic E-state index is 13.6. The predicted molar refractivity (Wildman–Crippen MR) is 107 cm³/mol. The van der Waals surface area contributed by atoms with Crippen LogP contribution >= 0.6 is 0 Å². The van der Waals surface area contributed by atoms with E-state index in [-0.39, 0.29) is 18.3 Å². The summed E-state index contributed by atoms with van der Waals surface area (Å²) >= 11 is 0. The van der Waals surface area contributed by atoms with Crippen molar-refractivity contribution in [3.8, 4) is 5.88 Å². The number of fused-ring (bicyclic) bond motifs is 1. The van der Waals surface area contributed by atoms with E-state index in [1.165, 1.54) is 0 Å². The summed E-state index contributed by atoms with van der Waals surface area (Å²) in [6.07, 6.45) is 1.16. The number of aromatic nitrogens is 2. The number of alkyl halides is 1. The molecule has 1 atom stereocenters. The Morgan fingerprint density at radius 2 is 2.11 bits per heavy atom. The van der Waals surface area contributed by atoms with E-state index in [1.54, 1.807) is 24.4 Å². The topological polar surface area (TPSA) is 78.4 Å². The van der Waals surface area contributed by atoms with Crippen LogP contribution in [-0.4, -0.2) is 40.2 Å². The minimum absolute atomic E-state index is 0.0297.